The van der Waals surface area contributed by atoms with E-state index in [1.54, 1.807) is 18.7 Å². The number of hydrogen-bond donors (Lipinski definition) is 0. The fourth-order valence-corrected chi connectivity index (χ4v) is 5.94. The van der Waals surface area contributed by atoms with E-state index >= 15 is 0 Å². The van der Waals surface area contributed by atoms with Crippen LogP contribution in [-0.2, 0) is 10.0 Å². The average Bonchev–Trinajstić information content (AvgIpc) is 2.60. The lowest BCUT2D eigenvalue weighted by Gasteiger charge is -2.24. The molecular formula is C8H11ClN2O2S3. The number of aromatic nitrogens is 1. The molecule has 0 aliphatic carbocycles. The molecule has 90 valence electrons. The number of halogens is 1. The van der Waals surface area contributed by atoms with Crippen molar-refractivity contribution < 1.29 is 8.42 Å². The number of hydrogen-bond acceptors (Lipinski definition) is 5. The van der Waals surface area contributed by atoms with Gasteiger partial charge in [0.25, 0.3) is 10.0 Å². The van der Waals surface area contributed by atoms with E-state index in [-0.39, 0.29) is 8.68 Å². The summed E-state index contributed by atoms with van der Waals surface area (Å²) in [6, 6.07) is 0. The minimum atomic E-state index is -3.38. The largest absolute Gasteiger partial charge is 0.254 e. The first-order valence-electron chi connectivity index (χ1n) is 4.72. The topological polar surface area (TPSA) is 50.3 Å². The number of thioether (sulfide) groups is 1. The summed E-state index contributed by atoms with van der Waals surface area (Å²) in [6.45, 7) is 2.82. The second-order valence-electron chi connectivity index (χ2n) is 3.36. The molecule has 16 heavy (non-hydrogen) atoms. The highest BCUT2D eigenvalue weighted by molar-refractivity contribution is 7.99. The highest BCUT2D eigenvalue weighted by Gasteiger charge is 2.29. The van der Waals surface area contributed by atoms with Crippen molar-refractivity contribution >= 4 is 44.7 Å². The lowest BCUT2D eigenvalue weighted by Crippen LogP contribution is -2.37. The fourth-order valence-electron chi connectivity index (χ4n) is 1.49. The van der Waals surface area contributed by atoms with Crippen molar-refractivity contribution in [3.05, 3.63) is 10.2 Å². The third-order valence-electron chi connectivity index (χ3n) is 2.27. The molecule has 4 nitrogen and oxygen atoms in total. The molecule has 0 unspecified atom stereocenters. The SMILES string of the molecule is Cc1nc(Cl)sc1S(=O)(=O)N1CCSCC1. The van der Waals surface area contributed by atoms with Gasteiger partial charge in [0.15, 0.2) is 8.68 Å². The van der Waals surface area contributed by atoms with Gasteiger partial charge in [-0.1, -0.05) is 22.9 Å². The molecule has 0 N–H and O–H groups in total. The Hall–Kier alpha value is 0.180. The van der Waals surface area contributed by atoms with Crippen molar-refractivity contribution in [3.63, 3.8) is 0 Å². The second kappa shape index (κ2) is 4.81. The Labute approximate surface area is 108 Å². The predicted molar refractivity (Wildman–Crippen MR) is 67.9 cm³/mol. The standard InChI is InChI=1S/C8H11ClN2O2S3/c1-6-7(15-8(9)10-6)16(12,13)11-2-4-14-5-3-11/h2-5H2,1H3. The summed E-state index contributed by atoms with van der Waals surface area (Å²) in [6.07, 6.45) is 0. The summed E-state index contributed by atoms with van der Waals surface area (Å²) in [4.78, 5) is 3.95. The van der Waals surface area contributed by atoms with E-state index in [2.05, 4.69) is 4.98 Å². The van der Waals surface area contributed by atoms with Crippen LogP contribution in [0.2, 0.25) is 4.47 Å². The zero-order chi connectivity index (χ0) is 11.8. The van der Waals surface area contributed by atoms with Gasteiger partial charge in [-0.05, 0) is 6.92 Å². The first-order chi connectivity index (χ1) is 7.51. The minimum Gasteiger partial charge on any atom is -0.229 e. The normalized spacial score (nSPS) is 18.9. The Morgan fingerprint density at radius 2 is 2.00 bits per heavy atom. The lowest BCUT2D eigenvalue weighted by molar-refractivity contribution is 0.444. The third-order valence-corrected chi connectivity index (χ3v) is 6.96. The van der Waals surface area contributed by atoms with Gasteiger partial charge in [-0.25, -0.2) is 13.4 Å². The van der Waals surface area contributed by atoms with Gasteiger partial charge in [0.05, 0.1) is 5.69 Å². The quantitative estimate of drug-likeness (QED) is 0.836. The van der Waals surface area contributed by atoms with Crippen LogP contribution in [0, 0.1) is 6.92 Å². The first-order valence-corrected chi connectivity index (χ1v) is 8.51. The summed E-state index contributed by atoms with van der Waals surface area (Å²) < 4.78 is 26.6. The molecular weight excluding hydrogens is 288 g/mol. The van der Waals surface area contributed by atoms with Crippen molar-refractivity contribution in [2.24, 2.45) is 0 Å². The van der Waals surface area contributed by atoms with Crippen LogP contribution in [0.15, 0.2) is 4.21 Å². The molecule has 1 saturated heterocycles. The monoisotopic (exact) mass is 298 g/mol. The Bertz CT molecular complexity index is 479. The summed E-state index contributed by atoms with van der Waals surface area (Å²) >= 11 is 8.54. The van der Waals surface area contributed by atoms with Gasteiger partial charge in [0.2, 0.25) is 0 Å². The van der Waals surface area contributed by atoms with Crippen molar-refractivity contribution in [3.8, 4) is 0 Å². The van der Waals surface area contributed by atoms with Crippen LogP contribution in [0.1, 0.15) is 5.69 Å². The Morgan fingerprint density at radius 1 is 1.38 bits per heavy atom. The molecule has 0 amide bonds. The third kappa shape index (κ3) is 2.38. The Morgan fingerprint density at radius 3 is 2.50 bits per heavy atom. The maximum Gasteiger partial charge on any atom is 0.254 e. The van der Waals surface area contributed by atoms with Gasteiger partial charge in [0, 0.05) is 24.6 Å². The number of aryl methyl sites for hydroxylation is 1. The van der Waals surface area contributed by atoms with Crippen LogP contribution in [0.3, 0.4) is 0 Å². The molecule has 1 aliphatic heterocycles. The van der Waals surface area contributed by atoms with Crippen LogP contribution in [-0.4, -0.2) is 42.3 Å². The van der Waals surface area contributed by atoms with Gasteiger partial charge < -0.3 is 0 Å². The second-order valence-corrected chi connectivity index (χ2v) is 8.30. The van der Waals surface area contributed by atoms with E-state index < -0.39 is 10.0 Å². The smallest absolute Gasteiger partial charge is 0.229 e. The number of rotatable bonds is 2. The van der Waals surface area contributed by atoms with Crippen LogP contribution in [0.25, 0.3) is 0 Å². The molecule has 8 heteroatoms. The maximum absolute atomic E-state index is 12.2. The Balaban J connectivity index is 2.34. The zero-order valence-electron chi connectivity index (χ0n) is 8.64. The summed E-state index contributed by atoms with van der Waals surface area (Å²) in [7, 11) is -3.38. The molecule has 2 rings (SSSR count). The molecule has 0 saturated carbocycles. The highest BCUT2D eigenvalue weighted by Crippen LogP contribution is 2.30. The first kappa shape index (κ1) is 12.6. The summed E-state index contributed by atoms with van der Waals surface area (Å²) in [5.41, 5.74) is 0.494. The molecule has 0 atom stereocenters. The highest BCUT2D eigenvalue weighted by atomic mass is 35.5. The molecule has 0 radical (unpaired) electrons. The Kier molecular flexibility index (Phi) is 3.80. The van der Waals surface area contributed by atoms with E-state index in [1.807, 2.05) is 0 Å². The van der Waals surface area contributed by atoms with Gasteiger partial charge in [-0.2, -0.15) is 16.1 Å². The van der Waals surface area contributed by atoms with Gasteiger partial charge in [-0.3, -0.25) is 0 Å². The summed E-state index contributed by atoms with van der Waals surface area (Å²) in [5, 5.41) is 0. The van der Waals surface area contributed by atoms with Crippen molar-refractivity contribution in [2.75, 3.05) is 24.6 Å². The number of thiazole rings is 1. The van der Waals surface area contributed by atoms with E-state index in [0.29, 0.717) is 18.8 Å². The van der Waals surface area contributed by atoms with E-state index in [1.165, 1.54) is 4.31 Å². The molecule has 2 heterocycles. The lowest BCUT2D eigenvalue weighted by atomic mass is 10.6. The molecule has 0 spiro atoms. The van der Waals surface area contributed by atoms with Crippen LogP contribution < -0.4 is 0 Å². The summed E-state index contributed by atoms with van der Waals surface area (Å²) in [5.74, 6) is 1.70. The van der Waals surface area contributed by atoms with Crippen LogP contribution in [0.5, 0.6) is 0 Å². The average molecular weight is 299 g/mol. The van der Waals surface area contributed by atoms with Gasteiger partial charge >= 0.3 is 0 Å². The molecule has 0 bridgehead atoms. The molecule has 1 aromatic rings. The predicted octanol–water partition coefficient (Wildman–Crippen LogP) is 1.84. The minimum absolute atomic E-state index is 0.280. The molecule has 1 fully saturated rings. The van der Waals surface area contributed by atoms with Crippen molar-refractivity contribution in [1.29, 1.82) is 0 Å². The van der Waals surface area contributed by atoms with Crippen LogP contribution >= 0.6 is 34.7 Å². The molecule has 1 aromatic heterocycles. The van der Waals surface area contributed by atoms with E-state index in [9.17, 15) is 8.42 Å². The number of nitrogens with zero attached hydrogens (tertiary/aromatic N) is 2. The van der Waals surface area contributed by atoms with E-state index in [4.69, 9.17) is 11.6 Å². The number of sulfonamides is 1. The van der Waals surface area contributed by atoms with E-state index in [0.717, 1.165) is 22.8 Å². The van der Waals surface area contributed by atoms with Gasteiger partial charge in [0.1, 0.15) is 0 Å². The van der Waals surface area contributed by atoms with Gasteiger partial charge in [-0.15, -0.1) is 0 Å². The fraction of sp³-hybridized carbons (Fsp3) is 0.625. The van der Waals surface area contributed by atoms with Crippen LogP contribution in [0.4, 0.5) is 0 Å². The zero-order valence-corrected chi connectivity index (χ0v) is 11.8. The molecule has 1 aliphatic rings. The molecule has 0 aromatic carbocycles. The maximum atomic E-state index is 12.2. The van der Waals surface area contributed by atoms with Crippen molar-refractivity contribution in [2.45, 2.75) is 11.1 Å². The van der Waals surface area contributed by atoms with Crippen molar-refractivity contribution in [1.82, 2.24) is 9.29 Å².